The van der Waals surface area contributed by atoms with Gasteiger partial charge in [-0.1, -0.05) is 6.07 Å². The molecule has 1 unspecified atom stereocenters. The summed E-state index contributed by atoms with van der Waals surface area (Å²) in [6.45, 7) is 6.33. The van der Waals surface area contributed by atoms with Crippen LogP contribution in [-0.4, -0.2) is 69.6 Å². The fourth-order valence-electron chi connectivity index (χ4n) is 3.79. The zero-order chi connectivity index (χ0) is 17.9. The number of rotatable bonds is 4. The lowest BCUT2D eigenvalue weighted by molar-refractivity contribution is -0.134. The van der Waals surface area contributed by atoms with Gasteiger partial charge >= 0.3 is 0 Å². The van der Waals surface area contributed by atoms with Gasteiger partial charge in [0, 0.05) is 32.0 Å². The minimum atomic E-state index is 0.0623. The van der Waals surface area contributed by atoms with Crippen molar-refractivity contribution in [2.75, 3.05) is 39.4 Å². The number of morpholine rings is 1. The quantitative estimate of drug-likeness (QED) is 0.833. The average molecular weight is 355 g/mol. The second kappa shape index (κ2) is 7.55. The van der Waals surface area contributed by atoms with Crippen LogP contribution in [-0.2, 0) is 9.53 Å². The number of carbonyl (C=O) groups is 1. The molecule has 2 aromatic heterocycles. The minimum Gasteiger partial charge on any atom is -0.379 e. The number of imidazole rings is 1. The van der Waals surface area contributed by atoms with Crippen molar-refractivity contribution in [1.82, 2.24) is 24.3 Å². The molecule has 26 heavy (non-hydrogen) atoms. The first kappa shape index (κ1) is 17.2. The Bertz CT molecular complexity index is 769. The van der Waals surface area contributed by atoms with Crippen LogP contribution in [0.15, 0.2) is 30.6 Å². The summed E-state index contributed by atoms with van der Waals surface area (Å²) < 4.78 is 7.34. The fraction of sp³-hybridized carbons (Fsp3) is 0.526. The molecule has 2 aliphatic heterocycles. The van der Waals surface area contributed by atoms with E-state index in [1.807, 2.05) is 40.8 Å². The fourth-order valence-corrected chi connectivity index (χ4v) is 3.79. The maximum atomic E-state index is 12.9. The van der Waals surface area contributed by atoms with Crippen LogP contribution in [0.2, 0.25) is 0 Å². The summed E-state index contributed by atoms with van der Waals surface area (Å²) in [4.78, 5) is 26.2. The molecule has 0 aliphatic carbocycles. The van der Waals surface area contributed by atoms with Crippen molar-refractivity contribution >= 4 is 5.91 Å². The summed E-state index contributed by atoms with van der Waals surface area (Å²) in [5, 5.41) is 0. The van der Waals surface area contributed by atoms with Crippen LogP contribution >= 0.6 is 0 Å². The van der Waals surface area contributed by atoms with Gasteiger partial charge in [0.05, 0.1) is 31.5 Å². The van der Waals surface area contributed by atoms with Crippen LogP contribution < -0.4 is 0 Å². The van der Waals surface area contributed by atoms with Crippen LogP contribution in [0.5, 0.6) is 0 Å². The number of aromatic nitrogens is 3. The van der Waals surface area contributed by atoms with E-state index in [0.29, 0.717) is 19.8 Å². The zero-order valence-electron chi connectivity index (χ0n) is 15.2. The Kier molecular flexibility index (Phi) is 4.99. The maximum absolute atomic E-state index is 12.9. The van der Waals surface area contributed by atoms with Crippen molar-refractivity contribution in [3.63, 3.8) is 0 Å². The summed E-state index contributed by atoms with van der Waals surface area (Å²) in [7, 11) is 0. The van der Waals surface area contributed by atoms with Gasteiger partial charge in [-0.15, -0.1) is 0 Å². The molecule has 2 saturated heterocycles. The summed E-state index contributed by atoms with van der Waals surface area (Å²) in [5.41, 5.74) is 0.962. The third-order valence-electron chi connectivity index (χ3n) is 5.21. The summed E-state index contributed by atoms with van der Waals surface area (Å²) >= 11 is 0. The smallest absolute Gasteiger partial charge is 0.237 e. The first-order chi connectivity index (χ1) is 12.7. The van der Waals surface area contributed by atoms with E-state index in [9.17, 15) is 4.79 Å². The predicted molar refractivity (Wildman–Crippen MR) is 97.0 cm³/mol. The van der Waals surface area contributed by atoms with Gasteiger partial charge in [-0.05, 0) is 31.9 Å². The molecule has 2 fully saturated rings. The van der Waals surface area contributed by atoms with E-state index in [4.69, 9.17) is 9.72 Å². The van der Waals surface area contributed by atoms with Gasteiger partial charge in [0.25, 0.3) is 0 Å². The van der Waals surface area contributed by atoms with Crippen LogP contribution in [0, 0.1) is 6.92 Å². The molecule has 0 N–H and O–H groups in total. The topological polar surface area (TPSA) is 63.5 Å². The first-order valence-electron chi connectivity index (χ1n) is 9.29. The Labute approximate surface area is 153 Å². The number of aryl methyl sites for hydroxylation is 1. The molecular formula is C19H25N5O2. The summed E-state index contributed by atoms with van der Waals surface area (Å²) in [6.07, 6.45) is 5.68. The molecule has 7 nitrogen and oxygen atoms in total. The minimum absolute atomic E-state index is 0.0623. The highest BCUT2D eigenvalue weighted by Crippen LogP contribution is 2.31. The Morgan fingerprint density at radius 1 is 1.27 bits per heavy atom. The first-order valence-corrected chi connectivity index (χ1v) is 9.29. The van der Waals surface area contributed by atoms with E-state index < -0.39 is 0 Å². The van der Waals surface area contributed by atoms with Gasteiger partial charge in [0.1, 0.15) is 11.6 Å². The summed E-state index contributed by atoms with van der Waals surface area (Å²) in [6, 6.07) is 6.08. The Hall–Kier alpha value is -2.25. The lowest BCUT2D eigenvalue weighted by Crippen LogP contribution is -2.44. The second-order valence-corrected chi connectivity index (χ2v) is 6.90. The molecule has 0 saturated carbocycles. The van der Waals surface area contributed by atoms with Gasteiger partial charge in [0.2, 0.25) is 5.91 Å². The highest BCUT2D eigenvalue weighted by Gasteiger charge is 2.32. The van der Waals surface area contributed by atoms with Gasteiger partial charge < -0.3 is 9.64 Å². The third-order valence-corrected chi connectivity index (χ3v) is 5.21. The highest BCUT2D eigenvalue weighted by molar-refractivity contribution is 5.79. The normalized spacial score (nSPS) is 21.3. The molecule has 0 radical (unpaired) electrons. The monoisotopic (exact) mass is 355 g/mol. The number of hydrogen-bond donors (Lipinski definition) is 0. The van der Waals surface area contributed by atoms with E-state index in [1.54, 1.807) is 6.20 Å². The molecule has 4 rings (SSSR count). The second-order valence-electron chi connectivity index (χ2n) is 6.90. The maximum Gasteiger partial charge on any atom is 0.237 e. The van der Waals surface area contributed by atoms with E-state index >= 15 is 0 Å². The molecule has 0 spiro atoms. The van der Waals surface area contributed by atoms with Gasteiger partial charge in [0.15, 0.2) is 0 Å². The van der Waals surface area contributed by atoms with E-state index in [-0.39, 0.29) is 11.9 Å². The molecule has 2 aromatic rings. The van der Waals surface area contributed by atoms with Crippen molar-refractivity contribution in [3.05, 3.63) is 42.1 Å². The van der Waals surface area contributed by atoms with Gasteiger partial charge in [-0.25, -0.2) is 9.97 Å². The number of pyridine rings is 1. The Balaban J connectivity index is 1.51. The number of likely N-dealkylation sites (tertiary alicyclic amines) is 1. The molecule has 7 heteroatoms. The molecular weight excluding hydrogens is 330 g/mol. The standard InChI is InChI=1S/C19H25N5O2/c1-15-20-7-9-23(15)18-6-2-4-16(21-18)17-5-3-8-24(17)19(25)14-22-10-12-26-13-11-22/h2,4,6-7,9,17H,3,5,8,10-14H2,1H3. The number of nitrogens with zero attached hydrogens (tertiary/aromatic N) is 5. The van der Waals surface area contributed by atoms with Crippen molar-refractivity contribution in [2.24, 2.45) is 0 Å². The average Bonchev–Trinajstić information content (AvgIpc) is 3.32. The highest BCUT2D eigenvalue weighted by atomic mass is 16.5. The lowest BCUT2D eigenvalue weighted by Gasteiger charge is -2.30. The molecule has 1 amide bonds. The SMILES string of the molecule is Cc1nccn1-c1cccc(C2CCCN2C(=O)CN2CCOCC2)n1. The molecule has 138 valence electrons. The van der Waals surface area contributed by atoms with Crippen LogP contribution in [0.3, 0.4) is 0 Å². The van der Waals surface area contributed by atoms with Crippen LogP contribution in [0.1, 0.15) is 30.4 Å². The van der Waals surface area contributed by atoms with Crippen molar-refractivity contribution in [3.8, 4) is 5.82 Å². The molecule has 0 aromatic carbocycles. The number of hydrogen-bond acceptors (Lipinski definition) is 5. The zero-order valence-corrected chi connectivity index (χ0v) is 15.2. The summed E-state index contributed by atoms with van der Waals surface area (Å²) in [5.74, 6) is 1.95. The van der Waals surface area contributed by atoms with Crippen molar-refractivity contribution in [1.29, 1.82) is 0 Å². The van der Waals surface area contributed by atoms with Gasteiger partial charge in [-0.3, -0.25) is 14.3 Å². The Morgan fingerprint density at radius 2 is 2.12 bits per heavy atom. The molecule has 1 atom stereocenters. The molecule has 2 aliphatic rings. The van der Waals surface area contributed by atoms with Crippen LogP contribution in [0.25, 0.3) is 5.82 Å². The largest absolute Gasteiger partial charge is 0.379 e. The predicted octanol–water partition coefficient (Wildman–Crippen LogP) is 1.57. The van der Waals surface area contributed by atoms with Crippen molar-refractivity contribution in [2.45, 2.75) is 25.8 Å². The van der Waals surface area contributed by atoms with E-state index in [1.165, 1.54) is 0 Å². The number of amides is 1. The Morgan fingerprint density at radius 3 is 2.88 bits per heavy atom. The third kappa shape index (κ3) is 3.50. The number of carbonyl (C=O) groups excluding carboxylic acids is 1. The van der Waals surface area contributed by atoms with E-state index in [2.05, 4.69) is 9.88 Å². The van der Waals surface area contributed by atoms with E-state index in [0.717, 1.165) is 49.8 Å². The van der Waals surface area contributed by atoms with Crippen molar-refractivity contribution < 1.29 is 9.53 Å². The number of ether oxygens (including phenoxy) is 1. The lowest BCUT2D eigenvalue weighted by atomic mass is 10.1. The van der Waals surface area contributed by atoms with Gasteiger partial charge in [-0.2, -0.15) is 0 Å². The molecule has 0 bridgehead atoms. The molecule has 4 heterocycles. The van der Waals surface area contributed by atoms with Crippen LogP contribution in [0.4, 0.5) is 0 Å².